The van der Waals surface area contributed by atoms with Crippen molar-refractivity contribution in [2.24, 2.45) is 5.92 Å². The number of halogens is 3. The number of hydrogen-bond donors (Lipinski definition) is 2. The molecule has 1 aliphatic carbocycles. The summed E-state index contributed by atoms with van der Waals surface area (Å²) < 4.78 is 37.7. The fourth-order valence-electron chi connectivity index (χ4n) is 2.44. The van der Waals surface area contributed by atoms with Crippen molar-refractivity contribution in [3.63, 3.8) is 0 Å². The molecule has 114 valence electrons. The maximum Gasteiger partial charge on any atom is 0.416 e. The molecule has 0 aliphatic heterocycles. The SMILES string of the molecule is O=C(N[C@@H]1CC[C@H](C(=O)O)C1)c1cccc(C(F)(F)F)c1. The van der Waals surface area contributed by atoms with Crippen LogP contribution in [0.5, 0.6) is 0 Å². The molecule has 0 aromatic heterocycles. The summed E-state index contributed by atoms with van der Waals surface area (Å²) in [4.78, 5) is 22.8. The van der Waals surface area contributed by atoms with Crippen LogP contribution in [0.1, 0.15) is 35.2 Å². The zero-order valence-electron chi connectivity index (χ0n) is 11.0. The van der Waals surface area contributed by atoms with Gasteiger partial charge in [-0.2, -0.15) is 13.2 Å². The number of carboxylic acid groups (broad SMARTS) is 1. The van der Waals surface area contributed by atoms with Crippen molar-refractivity contribution >= 4 is 11.9 Å². The number of nitrogens with one attached hydrogen (secondary N) is 1. The number of benzene rings is 1. The van der Waals surface area contributed by atoms with Crippen molar-refractivity contribution in [3.8, 4) is 0 Å². The number of hydrogen-bond acceptors (Lipinski definition) is 2. The number of carbonyl (C=O) groups is 2. The minimum absolute atomic E-state index is 0.0800. The van der Waals surface area contributed by atoms with Crippen LogP contribution in [0.2, 0.25) is 0 Å². The summed E-state index contributed by atoms with van der Waals surface area (Å²) in [5.41, 5.74) is -0.964. The lowest BCUT2D eigenvalue weighted by Gasteiger charge is -2.13. The molecule has 4 nitrogen and oxygen atoms in total. The van der Waals surface area contributed by atoms with Crippen LogP contribution in [-0.4, -0.2) is 23.0 Å². The highest BCUT2D eigenvalue weighted by Gasteiger charge is 2.32. The molecule has 1 aromatic carbocycles. The van der Waals surface area contributed by atoms with Gasteiger partial charge in [-0.25, -0.2) is 0 Å². The fourth-order valence-corrected chi connectivity index (χ4v) is 2.44. The van der Waals surface area contributed by atoms with Gasteiger partial charge >= 0.3 is 12.1 Å². The summed E-state index contributed by atoms with van der Waals surface area (Å²) in [6, 6.07) is 3.85. The van der Waals surface area contributed by atoms with Crippen molar-refractivity contribution in [3.05, 3.63) is 35.4 Å². The van der Waals surface area contributed by atoms with Crippen molar-refractivity contribution in [2.45, 2.75) is 31.5 Å². The van der Waals surface area contributed by atoms with Crippen LogP contribution < -0.4 is 5.32 Å². The van der Waals surface area contributed by atoms with Crippen LogP contribution in [0.3, 0.4) is 0 Å². The minimum Gasteiger partial charge on any atom is -0.481 e. The number of alkyl halides is 3. The molecule has 0 bridgehead atoms. The third-order valence-electron chi connectivity index (χ3n) is 3.57. The molecule has 1 aliphatic rings. The molecule has 1 aromatic rings. The maximum absolute atomic E-state index is 12.6. The van der Waals surface area contributed by atoms with Gasteiger partial charge in [0.25, 0.3) is 5.91 Å². The molecule has 1 amide bonds. The highest BCUT2D eigenvalue weighted by molar-refractivity contribution is 5.94. The summed E-state index contributed by atoms with van der Waals surface area (Å²) in [5.74, 6) is -2.03. The first-order valence-corrected chi connectivity index (χ1v) is 6.48. The molecule has 0 heterocycles. The first-order valence-electron chi connectivity index (χ1n) is 6.48. The second-order valence-corrected chi connectivity index (χ2v) is 5.10. The minimum atomic E-state index is -4.50. The predicted molar refractivity (Wildman–Crippen MR) is 67.7 cm³/mol. The standard InChI is InChI=1S/C14H14F3NO3/c15-14(16,17)10-3-1-2-8(6-10)12(19)18-11-5-4-9(7-11)13(20)21/h1-3,6,9,11H,4-5,7H2,(H,18,19)(H,20,21)/t9-,11+/m0/s1. The smallest absolute Gasteiger partial charge is 0.416 e. The molecule has 1 fully saturated rings. The Morgan fingerprint density at radius 2 is 1.95 bits per heavy atom. The van der Waals surface area contributed by atoms with E-state index in [2.05, 4.69) is 5.32 Å². The van der Waals surface area contributed by atoms with E-state index in [-0.39, 0.29) is 11.6 Å². The van der Waals surface area contributed by atoms with Gasteiger partial charge in [-0.15, -0.1) is 0 Å². The van der Waals surface area contributed by atoms with E-state index in [1.807, 2.05) is 0 Å². The van der Waals surface area contributed by atoms with E-state index in [4.69, 9.17) is 5.11 Å². The first-order chi connectivity index (χ1) is 9.77. The molecular weight excluding hydrogens is 287 g/mol. The normalized spacial score (nSPS) is 22.0. The second-order valence-electron chi connectivity index (χ2n) is 5.10. The number of aliphatic carboxylic acids is 1. The van der Waals surface area contributed by atoms with Crippen molar-refractivity contribution < 1.29 is 27.9 Å². The van der Waals surface area contributed by atoms with E-state index in [1.165, 1.54) is 12.1 Å². The Morgan fingerprint density at radius 3 is 2.52 bits per heavy atom. The van der Waals surface area contributed by atoms with Gasteiger partial charge in [-0.3, -0.25) is 9.59 Å². The van der Waals surface area contributed by atoms with Gasteiger partial charge in [0.15, 0.2) is 0 Å². The van der Waals surface area contributed by atoms with Gasteiger partial charge in [0, 0.05) is 11.6 Å². The van der Waals surface area contributed by atoms with E-state index < -0.39 is 29.5 Å². The number of amides is 1. The molecule has 2 atom stereocenters. The van der Waals surface area contributed by atoms with E-state index in [0.29, 0.717) is 19.3 Å². The fraction of sp³-hybridized carbons (Fsp3) is 0.429. The maximum atomic E-state index is 12.6. The zero-order valence-corrected chi connectivity index (χ0v) is 11.0. The summed E-state index contributed by atoms with van der Waals surface area (Å²) >= 11 is 0. The van der Waals surface area contributed by atoms with E-state index >= 15 is 0 Å². The topological polar surface area (TPSA) is 66.4 Å². The van der Waals surface area contributed by atoms with Crippen LogP contribution >= 0.6 is 0 Å². The Morgan fingerprint density at radius 1 is 1.24 bits per heavy atom. The van der Waals surface area contributed by atoms with Gasteiger partial charge in [0.05, 0.1) is 11.5 Å². The number of carboxylic acids is 1. The summed E-state index contributed by atoms with van der Waals surface area (Å²) in [7, 11) is 0. The van der Waals surface area contributed by atoms with Gasteiger partial charge < -0.3 is 10.4 Å². The van der Waals surface area contributed by atoms with Crippen LogP contribution in [0, 0.1) is 5.92 Å². The zero-order chi connectivity index (χ0) is 15.6. The van der Waals surface area contributed by atoms with Crippen LogP contribution in [0.4, 0.5) is 13.2 Å². The molecule has 2 N–H and O–H groups in total. The lowest BCUT2D eigenvalue weighted by Crippen LogP contribution is -2.33. The quantitative estimate of drug-likeness (QED) is 0.902. The summed E-state index contributed by atoms with van der Waals surface area (Å²) in [5, 5.41) is 11.5. The molecule has 0 saturated heterocycles. The summed E-state index contributed by atoms with van der Waals surface area (Å²) in [6.45, 7) is 0. The Bertz CT molecular complexity index is 557. The molecule has 0 unspecified atom stereocenters. The van der Waals surface area contributed by atoms with Crippen LogP contribution in [0.15, 0.2) is 24.3 Å². The predicted octanol–water partition coefficient (Wildman–Crippen LogP) is 2.69. The van der Waals surface area contributed by atoms with E-state index in [1.54, 1.807) is 0 Å². The van der Waals surface area contributed by atoms with Gasteiger partial charge in [-0.05, 0) is 37.5 Å². The largest absolute Gasteiger partial charge is 0.481 e. The Labute approximate surface area is 119 Å². The molecule has 7 heteroatoms. The lowest BCUT2D eigenvalue weighted by molar-refractivity contribution is -0.141. The lowest BCUT2D eigenvalue weighted by atomic mass is 10.1. The molecule has 0 spiro atoms. The molecule has 1 saturated carbocycles. The average Bonchev–Trinajstić information content (AvgIpc) is 2.86. The number of carbonyl (C=O) groups excluding carboxylic acids is 1. The van der Waals surface area contributed by atoms with E-state index in [0.717, 1.165) is 12.1 Å². The second kappa shape index (κ2) is 5.75. The van der Waals surface area contributed by atoms with Gasteiger partial charge in [0.1, 0.15) is 0 Å². The van der Waals surface area contributed by atoms with E-state index in [9.17, 15) is 22.8 Å². The molecule has 2 rings (SSSR count). The summed E-state index contributed by atoms with van der Waals surface area (Å²) in [6.07, 6.45) is -3.22. The highest BCUT2D eigenvalue weighted by atomic mass is 19.4. The van der Waals surface area contributed by atoms with Gasteiger partial charge in [0.2, 0.25) is 0 Å². The van der Waals surface area contributed by atoms with Crippen molar-refractivity contribution in [1.82, 2.24) is 5.32 Å². The Balaban J connectivity index is 2.03. The molecule has 21 heavy (non-hydrogen) atoms. The van der Waals surface area contributed by atoms with Crippen LogP contribution in [0.25, 0.3) is 0 Å². The molecular formula is C14H14F3NO3. The third kappa shape index (κ3) is 3.74. The first kappa shape index (κ1) is 15.3. The molecule has 0 radical (unpaired) electrons. The highest BCUT2D eigenvalue weighted by Crippen LogP contribution is 2.30. The van der Waals surface area contributed by atoms with Crippen LogP contribution in [-0.2, 0) is 11.0 Å². The third-order valence-corrected chi connectivity index (χ3v) is 3.57. The Hall–Kier alpha value is -2.05. The van der Waals surface area contributed by atoms with Crippen molar-refractivity contribution in [2.75, 3.05) is 0 Å². The Kier molecular flexibility index (Phi) is 4.20. The monoisotopic (exact) mass is 301 g/mol. The van der Waals surface area contributed by atoms with Crippen molar-refractivity contribution in [1.29, 1.82) is 0 Å². The van der Waals surface area contributed by atoms with Gasteiger partial charge in [-0.1, -0.05) is 6.07 Å². The average molecular weight is 301 g/mol. The number of rotatable bonds is 3.